The summed E-state index contributed by atoms with van der Waals surface area (Å²) in [7, 11) is 0. The van der Waals surface area contributed by atoms with Gasteiger partial charge in [-0.25, -0.2) is 9.97 Å². The fraction of sp³-hybridized carbons (Fsp3) is 0.469. The summed E-state index contributed by atoms with van der Waals surface area (Å²) >= 11 is 0. The molecule has 2 fully saturated rings. The summed E-state index contributed by atoms with van der Waals surface area (Å²) in [5.41, 5.74) is 12.4. The van der Waals surface area contributed by atoms with E-state index in [1.165, 1.54) is 16.8 Å². The maximum Gasteiger partial charge on any atom is 0.227 e. The lowest BCUT2D eigenvalue weighted by atomic mass is 9.91. The zero-order valence-electron chi connectivity index (χ0n) is 23.6. The average Bonchev–Trinajstić information content (AvgIpc) is 3.46. The topological polar surface area (TPSA) is 96.6 Å². The molecule has 3 heterocycles. The minimum Gasteiger partial charge on any atom is -0.378 e. The van der Waals surface area contributed by atoms with E-state index in [0.717, 1.165) is 101 Å². The Hall–Kier alpha value is -3.33. The monoisotopic (exact) mass is 542 g/mol. The molecule has 0 radical (unpaired) electrons. The van der Waals surface area contributed by atoms with Gasteiger partial charge in [0.05, 0.1) is 24.9 Å². The number of carbonyl (C=O) groups is 1. The molecular formula is C32H42N6O2. The van der Waals surface area contributed by atoms with Gasteiger partial charge < -0.3 is 25.5 Å². The predicted octanol–water partition coefficient (Wildman–Crippen LogP) is 5.12. The van der Waals surface area contributed by atoms with Crippen LogP contribution < -0.4 is 16.0 Å². The van der Waals surface area contributed by atoms with Crippen LogP contribution in [0.2, 0.25) is 0 Å². The number of anilines is 3. The lowest BCUT2D eigenvalue weighted by Crippen LogP contribution is -2.37. The lowest BCUT2D eigenvalue weighted by Gasteiger charge is -2.32. The maximum atomic E-state index is 11.7. The Kier molecular flexibility index (Phi) is 9.76. The van der Waals surface area contributed by atoms with Crippen molar-refractivity contribution in [1.29, 1.82) is 0 Å². The molecule has 2 atom stereocenters. The Morgan fingerprint density at radius 1 is 1.12 bits per heavy atom. The molecule has 212 valence electrons. The third-order valence-corrected chi connectivity index (χ3v) is 8.22. The Bertz CT molecular complexity index is 1240. The molecular weight excluding hydrogens is 500 g/mol. The fourth-order valence-corrected chi connectivity index (χ4v) is 5.93. The third kappa shape index (κ3) is 6.86. The summed E-state index contributed by atoms with van der Waals surface area (Å²) in [6.07, 6.45) is 8.17. The quantitative estimate of drug-likeness (QED) is 0.305. The van der Waals surface area contributed by atoms with Crippen molar-refractivity contribution in [3.05, 3.63) is 65.9 Å². The highest BCUT2D eigenvalue weighted by atomic mass is 16.5. The van der Waals surface area contributed by atoms with Crippen LogP contribution in [0, 0.1) is 0 Å². The standard InChI is InChI=1S/C32H42N6O2/c1-2-24(5-3-14-33)25-7-9-26(10-8-25)30-13-15-34-32(36-30)35-28-11-12-31(37-17-19-40-20-18-37)27(21-28)22-38-16-4-6-29(38)23-39/h7-13,15,21,23-24,29H,2-6,14,16-20,22,33H2,1H3,(H,34,35,36). The molecule has 5 rings (SSSR count). The Balaban J connectivity index is 1.34. The molecule has 8 nitrogen and oxygen atoms in total. The van der Waals surface area contributed by atoms with Crippen molar-refractivity contribution in [2.75, 3.05) is 49.6 Å². The number of likely N-dealkylation sites (tertiary alicyclic amines) is 1. The molecule has 0 spiro atoms. The number of nitrogens with zero attached hydrogens (tertiary/aromatic N) is 4. The average molecular weight is 543 g/mol. The molecule has 2 saturated heterocycles. The van der Waals surface area contributed by atoms with Crippen LogP contribution in [0.15, 0.2) is 54.7 Å². The molecule has 0 bridgehead atoms. The van der Waals surface area contributed by atoms with E-state index in [-0.39, 0.29) is 6.04 Å². The second kappa shape index (κ2) is 13.8. The van der Waals surface area contributed by atoms with Crippen LogP contribution in [0.3, 0.4) is 0 Å². The number of aromatic nitrogens is 2. The number of ether oxygens (including phenoxy) is 1. The van der Waals surface area contributed by atoms with Gasteiger partial charge in [-0.2, -0.15) is 0 Å². The second-order valence-electron chi connectivity index (χ2n) is 10.8. The van der Waals surface area contributed by atoms with Crippen LogP contribution in [-0.4, -0.2) is 66.6 Å². The number of morpholine rings is 1. The lowest BCUT2D eigenvalue weighted by molar-refractivity contribution is -0.111. The summed E-state index contributed by atoms with van der Waals surface area (Å²) in [5.74, 6) is 1.10. The van der Waals surface area contributed by atoms with Gasteiger partial charge in [0.1, 0.15) is 6.29 Å². The number of carbonyl (C=O) groups excluding carboxylic acids is 1. The molecule has 2 aliphatic rings. The molecule has 2 aromatic carbocycles. The number of hydrogen-bond acceptors (Lipinski definition) is 8. The first-order valence-corrected chi connectivity index (χ1v) is 14.7. The maximum absolute atomic E-state index is 11.7. The summed E-state index contributed by atoms with van der Waals surface area (Å²) < 4.78 is 5.59. The number of aldehydes is 1. The first kappa shape index (κ1) is 28.2. The van der Waals surface area contributed by atoms with E-state index in [0.29, 0.717) is 11.9 Å². The number of rotatable bonds is 12. The largest absolute Gasteiger partial charge is 0.378 e. The smallest absolute Gasteiger partial charge is 0.227 e. The normalized spacial score (nSPS) is 18.6. The van der Waals surface area contributed by atoms with Gasteiger partial charge in [0, 0.05) is 42.8 Å². The van der Waals surface area contributed by atoms with Gasteiger partial charge >= 0.3 is 0 Å². The van der Waals surface area contributed by atoms with Crippen LogP contribution in [0.5, 0.6) is 0 Å². The van der Waals surface area contributed by atoms with Gasteiger partial charge in [-0.3, -0.25) is 4.90 Å². The van der Waals surface area contributed by atoms with Crippen molar-refractivity contribution in [2.45, 2.75) is 57.5 Å². The molecule has 0 aliphatic carbocycles. The minimum atomic E-state index is -0.00572. The van der Waals surface area contributed by atoms with Crippen LogP contribution in [-0.2, 0) is 16.1 Å². The van der Waals surface area contributed by atoms with Gasteiger partial charge in [-0.1, -0.05) is 31.2 Å². The molecule has 40 heavy (non-hydrogen) atoms. The van der Waals surface area contributed by atoms with Crippen molar-refractivity contribution in [1.82, 2.24) is 14.9 Å². The van der Waals surface area contributed by atoms with Crippen LogP contribution in [0.4, 0.5) is 17.3 Å². The van der Waals surface area contributed by atoms with E-state index < -0.39 is 0 Å². The second-order valence-corrected chi connectivity index (χ2v) is 10.8. The fourth-order valence-electron chi connectivity index (χ4n) is 5.93. The number of benzene rings is 2. The number of nitrogens with two attached hydrogens (primary N) is 1. The summed E-state index contributed by atoms with van der Waals surface area (Å²) in [4.78, 5) is 25.7. The molecule has 0 amide bonds. The van der Waals surface area contributed by atoms with Crippen molar-refractivity contribution in [3.8, 4) is 11.3 Å². The van der Waals surface area contributed by atoms with Gasteiger partial charge in [0.2, 0.25) is 5.95 Å². The van der Waals surface area contributed by atoms with E-state index in [1.807, 2.05) is 6.07 Å². The summed E-state index contributed by atoms with van der Waals surface area (Å²) in [6.45, 7) is 7.85. The van der Waals surface area contributed by atoms with Crippen molar-refractivity contribution in [3.63, 3.8) is 0 Å². The molecule has 8 heteroatoms. The van der Waals surface area contributed by atoms with Crippen LogP contribution >= 0.6 is 0 Å². The van der Waals surface area contributed by atoms with Crippen molar-refractivity contribution < 1.29 is 9.53 Å². The molecule has 2 unspecified atom stereocenters. The van der Waals surface area contributed by atoms with Crippen LogP contribution in [0.1, 0.15) is 56.1 Å². The van der Waals surface area contributed by atoms with Gasteiger partial charge in [0.15, 0.2) is 0 Å². The first-order chi connectivity index (χ1) is 19.7. The zero-order valence-corrected chi connectivity index (χ0v) is 23.6. The molecule has 1 aromatic heterocycles. The highest BCUT2D eigenvalue weighted by molar-refractivity contribution is 5.66. The van der Waals surface area contributed by atoms with E-state index in [4.69, 9.17) is 15.5 Å². The Morgan fingerprint density at radius 2 is 1.95 bits per heavy atom. The van der Waals surface area contributed by atoms with E-state index in [2.05, 4.69) is 69.5 Å². The number of nitrogens with one attached hydrogen (secondary N) is 1. The molecule has 0 saturated carbocycles. The first-order valence-electron chi connectivity index (χ1n) is 14.7. The van der Waals surface area contributed by atoms with E-state index in [9.17, 15) is 4.79 Å². The minimum absolute atomic E-state index is 0.00572. The zero-order chi connectivity index (χ0) is 27.7. The summed E-state index contributed by atoms with van der Waals surface area (Å²) in [5, 5.41) is 3.43. The Morgan fingerprint density at radius 3 is 2.70 bits per heavy atom. The molecule has 3 N–H and O–H groups in total. The highest BCUT2D eigenvalue weighted by Gasteiger charge is 2.26. The van der Waals surface area contributed by atoms with Crippen LogP contribution in [0.25, 0.3) is 11.3 Å². The SMILES string of the molecule is CCC(CCCN)c1ccc(-c2ccnc(Nc3ccc(N4CCOCC4)c(CN4CCCC4C=O)c3)n2)cc1. The van der Waals surface area contributed by atoms with Gasteiger partial charge in [0.25, 0.3) is 0 Å². The van der Waals surface area contributed by atoms with E-state index >= 15 is 0 Å². The van der Waals surface area contributed by atoms with Crippen molar-refractivity contribution >= 4 is 23.6 Å². The molecule has 3 aromatic rings. The number of hydrogen-bond donors (Lipinski definition) is 2. The summed E-state index contributed by atoms with van der Waals surface area (Å²) in [6, 6.07) is 17.1. The van der Waals surface area contributed by atoms with E-state index in [1.54, 1.807) is 6.20 Å². The van der Waals surface area contributed by atoms with Crippen molar-refractivity contribution in [2.24, 2.45) is 5.73 Å². The highest BCUT2D eigenvalue weighted by Crippen LogP contribution is 2.31. The Labute approximate surface area is 237 Å². The predicted molar refractivity (Wildman–Crippen MR) is 161 cm³/mol. The van der Waals surface area contributed by atoms with Gasteiger partial charge in [-0.05, 0) is 86.5 Å². The third-order valence-electron chi connectivity index (χ3n) is 8.22. The molecule has 2 aliphatic heterocycles. The van der Waals surface area contributed by atoms with Gasteiger partial charge in [-0.15, -0.1) is 0 Å².